The first-order valence-corrected chi connectivity index (χ1v) is 5.46. The molecule has 0 aromatic rings. The van der Waals surface area contributed by atoms with E-state index < -0.39 is 11.7 Å². The van der Waals surface area contributed by atoms with E-state index in [4.69, 9.17) is 9.84 Å². The summed E-state index contributed by atoms with van der Waals surface area (Å²) in [7, 11) is 0. The van der Waals surface area contributed by atoms with Crippen LogP contribution in [0.5, 0.6) is 0 Å². The lowest BCUT2D eigenvalue weighted by atomic mass is 10.1. The zero-order valence-electron chi connectivity index (χ0n) is 10.2. The summed E-state index contributed by atoms with van der Waals surface area (Å²) in [5, 5.41) is 11.7. The highest BCUT2D eigenvalue weighted by atomic mass is 16.6. The standard InChI is InChI=1S/C11H23NO3/c1-5-6-9(8-13)7-12-10(14)15-11(2,3)4/h9,13H,5-8H2,1-4H3,(H,12,14)/t9-/m0/s1. The summed E-state index contributed by atoms with van der Waals surface area (Å²) in [6.07, 6.45) is 1.49. The van der Waals surface area contributed by atoms with Crippen LogP contribution in [-0.2, 0) is 4.74 Å². The fraction of sp³-hybridized carbons (Fsp3) is 0.909. The molecule has 4 heteroatoms. The summed E-state index contributed by atoms with van der Waals surface area (Å²) in [5.74, 6) is 0.127. The summed E-state index contributed by atoms with van der Waals surface area (Å²) in [5.41, 5.74) is -0.469. The molecule has 0 saturated carbocycles. The molecule has 0 aromatic heterocycles. The van der Waals surface area contributed by atoms with Crippen LogP contribution in [0.1, 0.15) is 40.5 Å². The fourth-order valence-electron chi connectivity index (χ4n) is 1.21. The molecule has 90 valence electrons. The Labute approximate surface area is 92.0 Å². The Hall–Kier alpha value is -0.770. The highest BCUT2D eigenvalue weighted by molar-refractivity contribution is 5.67. The summed E-state index contributed by atoms with van der Waals surface area (Å²) in [4.78, 5) is 11.3. The second-order valence-corrected chi connectivity index (χ2v) is 4.72. The lowest BCUT2D eigenvalue weighted by molar-refractivity contribution is 0.0511. The van der Waals surface area contributed by atoms with E-state index in [1.54, 1.807) is 0 Å². The van der Waals surface area contributed by atoms with Crippen molar-refractivity contribution in [1.29, 1.82) is 0 Å². The van der Waals surface area contributed by atoms with Gasteiger partial charge in [0.15, 0.2) is 0 Å². The minimum Gasteiger partial charge on any atom is -0.444 e. The number of hydrogen-bond donors (Lipinski definition) is 2. The molecule has 0 bridgehead atoms. The van der Waals surface area contributed by atoms with Crippen molar-refractivity contribution in [3.63, 3.8) is 0 Å². The second kappa shape index (κ2) is 6.67. The Kier molecular flexibility index (Phi) is 6.32. The van der Waals surface area contributed by atoms with Crippen molar-refractivity contribution in [3.8, 4) is 0 Å². The number of alkyl carbamates (subject to hydrolysis) is 1. The maximum atomic E-state index is 11.3. The number of rotatable bonds is 5. The maximum Gasteiger partial charge on any atom is 0.407 e. The van der Waals surface area contributed by atoms with Gasteiger partial charge in [0.1, 0.15) is 5.60 Å². The van der Waals surface area contributed by atoms with Gasteiger partial charge in [-0.3, -0.25) is 0 Å². The Balaban J connectivity index is 3.78. The van der Waals surface area contributed by atoms with Gasteiger partial charge in [0.05, 0.1) is 0 Å². The average molecular weight is 217 g/mol. The minimum absolute atomic E-state index is 0.101. The third-order valence-corrected chi connectivity index (χ3v) is 1.89. The van der Waals surface area contributed by atoms with Crippen LogP contribution in [0.4, 0.5) is 4.79 Å². The minimum atomic E-state index is -0.469. The summed E-state index contributed by atoms with van der Waals surface area (Å²) in [6.45, 7) is 8.09. The molecule has 0 spiro atoms. The molecule has 1 amide bonds. The van der Waals surface area contributed by atoms with Gasteiger partial charge >= 0.3 is 6.09 Å². The molecule has 0 aliphatic rings. The number of ether oxygens (including phenoxy) is 1. The molecule has 4 nitrogen and oxygen atoms in total. The predicted octanol–water partition coefficient (Wildman–Crippen LogP) is 1.92. The maximum absolute atomic E-state index is 11.3. The van der Waals surface area contributed by atoms with Gasteiger partial charge in [-0.05, 0) is 33.1 Å². The fourth-order valence-corrected chi connectivity index (χ4v) is 1.21. The summed E-state index contributed by atoms with van der Waals surface area (Å²) >= 11 is 0. The van der Waals surface area contributed by atoms with E-state index in [1.165, 1.54) is 0 Å². The number of carbonyl (C=O) groups is 1. The van der Waals surface area contributed by atoms with Crippen LogP contribution in [0, 0.1) is 5.92 Å². The largest absolute Gasteiger partial charge is 0.444 e. The average Bonchev–Trinajstić information content (AvgIpc) is 2.09. The van der Waals surface area contributed by atoms with Gasteiger partial charge < -0.3 is 15.2 Å². The van der Waals surface area contributed by atoms with Crippen LogP contribution in [0.3, 0.4) is 0 Å². The van der Waals surface area contributed by atoms with Crippen LogP contribution >= 0.6 is 0 Å². The molecule has 15 heavy (non-hydrogen) atoms. The quantitative estimate of drug-likeness (QED) is 0.739. The zero-order chi connectivity index (χ0) is 11.9. The van der Waals surface area contributed by atoms with E-state index in [1.807, 2.05) is 20.8 Å². The molecule has 0 aliphatic heterocycles. The third kappa shape index (κ3) is 8.24. The monoisotopic (exact) mass is 217 g/mol. The SMILES string of the molecule is CCC[C@H](CO)CNC(=O)OC(C)(C)C. The summed E-state index contributed by atoms with van der Waals surface area (Å²) < 4.78 is 5.08. The van der Waals surface area contributed by atoms with E-state index >= 15 is 0 Å². The molecular formula is C11H23NO3. The van der Waals surface area contributed by atoms with Crippen LogP contribution in [-0.4, -0.2) is 30.0 Å². The third-order valence-electron chi connectivity index (χ3n) is 1.89. The topological polar surface area (TPSA) is 58.6 Å². The van der Waals surface area contributed by atoms with E-state index in [2.05, 4.69) is 12.2 Å². The molecule has 0 unspecified atom stereocenters. The first-order valence-electron chi connectivity index (χ1n) is 5.46. The number of aliphatic hydroxyl groups excluding tert-OH is 1. The number of amides is 1. The van der Waals surface area contributed by atoms with Gasteiger partial charge in [-0.25, -0.2) is 4.79 Å². The van der Waals surface area contributed by atoms with Crippen LogP contribution in [0.15, 0.2) is 0 Å². The highest BCUT2D eigenvalue weighted by Gasteiger charge is 2.16. The molecule has 0 saturated heterocycles. The molecule has 0 heterocycles. The Morgan fingerprint density at radius 3 is 2.47 bits per heavy atom. The molecule has 2 N–H and O–H groups in total. The number of hydrogen-bond acceptors (Lipinski definition) is 3. The van der Waals surface area contributed by atoms with E-state index in [0.717, 1.165) is 12.8 Å². The number of aliphatic hydroxyl groups is 1. The van der Waals surface area contributed by atoms with Gasteiger partial charge in [0.25, 0.3) is 0 Å². The van der Waals surface area contributed by atoms with Crippen molar-refractivity contribution in [3.05, 3.63) is 0 Å². The van der Waals surface area contributed by atoms with Crippen LogP contribution in [0.2, 0.25) is 0 Å². The second-order valence-electron chi connectivity index (χ2n) is 4.72. The van der Waals surface area contributed by atoms with E-state index in [9.17, 15) is 4.79 Å². The van der Waals surface area contributed by atoms with Gasteiger partial charge in [0, 0.05) is 13.2 Å². The molecule has 1 atom stereocenters. The molecule has 0 aliphatic carbocycles. The van der Waals surface area contributed by atoms with Crippen LogP contribution < -0.4 is 5.32 Å². The molecule has 0 rings (SSSR count). The lowest BCUT2D eigenvalue weighted by Crippen LogP contribution is -2.36. The van der Waals surface area contributed by atoms with Gasteiger partial charge in [-0.15, -0.1) is 0 Å². The van der Waals surface area contributed by atoms with E-state index in [0.29, 0.717) is 6.54 Å². The van der Waals surface area contributed by atoms with Crippen molar-refractivity contribution >= 4 is 6.09 Å². The highest BCUT2D eigenvalue weighted by Crippen LogP contribution is 2.07. The first-order chi connectivity index (χ1) is 6.89. The van der Waals surface area contributed by atoms with Crippen molar-refractivity contribution in [2.45, 2.75) is 46.1 Å². The Bertz CT molecular complexity index is 187. The molecule has 0 fully saturated rings. The first kappa shape index (κ1) is 14.2. The predicted molar refractivity (Wildman–Crippen MR) is 59.7 cm³/mol. The van der Waals surface area contributed by atoms with Crippen LogP contribution in [0.25, 0.3) is 0 Å². The van der Waals surface area contributed by atoms with Gasteiger partial charge in [-0.1, -0.05) is 13.3 Å². The Morgan fingerprint density at radius 1 is 1.47 bits per heavy atom. The number of carbonyl (C=O) groups excluding carboxylic acids is 1. The zero-order valence-corrected chi connectivity index (χ0v) is 10.2. The van der Waals surface area contributed by atoms with Crippen molar-refractivity contribution in [2.24, 2.45) is 5.92 Å². The number of nitrogens with one attached hydrogen (secondary N) is 1. The van der Waals surface area contributed by atoms with Gasteiger partial charge in [-0.2, -0.15) is 0 Å². The lowest BCUT2D eigenvalue weighted by Gasteiger charge is -2.21. The normalized spacial score (nSPS) is 13.4. The Morgan fingerprint density at radius 2 is 2.07 bits per heavy atom. The molecule has 0 aromatic carbocycles. The molecule has 0 radical (unpaired) electrons. The molecular weight excluding hydrogens is 194 g/mol. The smallest absolute Gasteiger partial charge is 0.407 e. The summed E-state index contributed by atoms with van der Waals surface area (Å²) in [6, 6.07) is 0. The van der Waals surface area contributed by atoms with Crippen molar-refractivity contribution in [1.82, 2.24) is 5.32 Å². The van der Waals surface area contributed by atoms with E-state index in [-0.39, 0.29) is 12.5 Å². The van der Waals surface area contributed by atoms with Crippen molar-refractivity contribution < 1.29 is 14.6 Å². The van der Waals surface area contributed by atoms with Gasteiger partial charge in [0.2, 0.25) is 0 Å². The van der Waals surface area contributed by atoms with Crippen molar-refractivity contribution in [2.75, 3.05) is 13.2 Å².